The average molecular weight is 333 g/mol. The summed E-state index contributed by atoms with van der Waals surface area (Å²) in [6, 6.07) is 7.96. The van der Waals surface area contributed by atoms with E-state index in [1.54, 1.807) is 13.3 Å². The van der Waals surface area contributed by atoms with E-state index in [-0.39, 0.29) is 31.6 Å². The van der Waals surface area contributed by atoms with Crippen LogP contribution in [0, 0.1) is 5.41 Å². The Morgan fingerprint density at radius 1 is 1.25 bits per heavy atom. The van der Waals surface area contributed by atoms with E-state index in [0.29, 0.717) is 0 Å². The second-order valence-electron chi connectivity index (χ2n) is 6.69. The minimum atomic E-state index is -2.64. The van der Waals surface area contributed by atoms with Gasteiger partial charge in [0.05, 0.1) is 0 Å². The van der Waals surface area contributed by atoms with E-state index in [1.807, 2.05) is 44.2 Å². The number of hydrogen-bond acceptors (Lipinski definition) is 2. The summed E-state index contributed by atoms with van der Waals surface area (Å²) in [6.45, 7) is 3.92. The van der Waals surface area contributed by atoms with Gasteiger partial charge in [0.15, 0.2) is 0 Å². The third-order valence-electron chi connectivity index (χ3n) is 5.31. The van der Waals surface area contributed by atoms with Gasteiger partial charge in [0.2, 0.25) is 5.92 Å². The van der Waals surface area contributed by atoms with Gasteiger partial charge in [-0.15, -0.1) is 0 Å². The van der Waals surface area contributed by atoms with E-state index in [4.69, 9.17) is 0 Å². The van der Waals surface area contributed by atoms with Gasteiger partial charge in [0.1, 0.15) is 6.29 Å². The van der Waals surface area contributed by atoms with Crippen molar-refractivity contribution < 1.29 is 13.6 Å². The van der Waals surface area contributed by atoms with Gasteiger partial charge in [0, 0.05) is 31.5 Å². The zero-order valence-corrected chi connectivity index (χ0v) is 14.6. The number of halogens is 2. The van der Waals surface area contributed by atoms with Gasteiger partial charge in [-0.05, 0) is 42.4 Å². The number of hydrogen-bond donors (Lipinski definition) is 0. The van der Waals surface area contributed by atoms with Gasteiger partial charge in [-0.2, -0.15) is 0 Å². The van der Waals surface area contributed by atoms with E-state index < -0.39 is 11.3 Å². The van der Waals surface area contributed by atoms with E-state index in [9.17, 15) is 13.6 Å². The molecule has 2 rings (SSSR count). The first-order chi connectivity index (χ1) is 11.4. The molecule has 1 unspecified atom stereocenters. The van der Waals surface area contributed by atoms with Crippen LogP contribution in [0.5, 0.6) is 0 Å². The second kappa shape index (κ2) is 7.37. The first-order valence-electron chi connectivity index (χ1n) is 8.40. The lowest BCUT2D eigenvalue weighted by Gasteiger charge is -2.40. The molecule has 1 saturated carbocycles. The number of carbonyl (C=O) groups excluding carboxylic acids is 1. The first-order valence-corrected chi connectivity index (χ1v) is 8.40. The molecule has 0 aliphatic heterocycles. The Hall–Kier alpha value is -1.84. The van der Waals surface area contributed by atoms with Gasteiger partial charge in [-0.1, -0.05) is 37.3 Å². The smallest absolute Gasteiger partial charge is 0.248 e. The van der Waals surface area contributed by atoms with Crippen LogP contribution in [0.2, 0.25) is 0 Å². The molecule has 0 spiro atoms. The Labute approximate surface area is 142 Å². The molecule has 0 amide bonds. The maximum atomic E-state index is 13.5. The normalized spacial score (nSPS) is 21.6. The van der Waals surface area contributed by atoms with Crippen molar-refractivity contribution in [2.45, 2.75) is 51.4 Å². The van der Waals surface area contributed by atoms with Gasteiger partial charge in [-0.25, -0.2) is 8.78 Å². The monoisotopic (exact) mass is 333 g/mol. The van der Waals surface area contributed by atoms with Gasteiger partial charge >= 0.3 is 0 Å². The van der Waals surface area contributed by atoms with Crippen LogP contribution < -0.4 is 0 Å². The van der Waals surface area contributed by atoms with Crippen molar-refractivity contribution in [3.8, 4) is 0 Å². The lowest BCUT2D eigenvalue weighted by molar-refractivity contribution is -0.126. The van der Waals surface area contributed by atoms with Crippen molar-refractivity contribution in [3.63, 3.8) is 0 Å². The van der Waals surface area contributed by atoms with Crippen molar-refractivity contribution in [2.75, 3.05) is 7.05 Å². The van der Waals surface area contributed by atoms with Crippen molar-refractivity contribution in [2.24, 2.45) is 10.4 Å². The number of aldehydes is 1. The summed E-state index contributed by atoms with van der Waals surface area (Å²) in [4.78, 5) is 15.9. The molecule has 1 fully saturated rings. The zero-order valence-electron chi connectivity index (χ0n) is 14.6. The van der Waals surface area contributed by atoms with E-state index in [2.05, 4.69) is 4.99 Å². The molecule has 130 valence electrons. The molecular formula is C20H25F2NO. The van der Waals surface area contributed by atoms with Crippen LogP contribution >= 0.6 is 0 Å². The van der Waals surface area contributed by atoms with E-state index >= 15 is 0 Å². The molecular weight excluding hydrogens is 308 g/mol. The highest BCUT2D eigenvalue weighted by molar-refractivity contribution is 6.09. The number of carbonyl (C=O) groups is 1. The van der Waals surface area contributed by atoms with Crippen molar-refractivity contribution in [1.29, 1.82) is 0 Å². The Morgan fingerprint density at radius 3 is 2.46 bits per heavy atom. The van der Waals surface area contributed by atoms with E-state index in [1.165, 1.54) is 0 Å². The van der Waals surface area contributed by atoms with Crippen molar-refractivity contribution in [1.82, 2.24) is 0 Å². The molecule has 0 aromatic heterocycles. The van der Waals surface area contributed by atoms with Crippen molar-refractivity contribution in [3.05, 3.63) is 41.5 Å². The molecule has 0 radical (unpaired) electrons. The van der Waals surface area contributed by atoms with Gasteiger partial charge < -0.3 is 4.79 Å². The molecule has 1 aliphatic rings. The molecule has 1 aromatic rings. The van der Waals surface area contributed by atoms with Crippen LogP contribution in [0.1, 0.15) is 56.6 Å². The van der Waals surface area contributed by atoms with Crippen LogP contribution in [0.4, 0.5) is 8.78 Å². The molecule has 1 aromatic carbocycles. The molecule has 0 N–H and O–H groups in total. The molecule has 0 bridgehead atoms. The summed E-state index contributed by atoms with van der Waals surface area (Å²) in [7, 11) is 1.72. The standard InChI is InChI=1S/C20H25F2NO/c1-4-16(13-23-3)18-7-5-6-17(12-18)15(2)19(14-24)8-10-20(21,22)11-9-19/h4-7,12-15H,8-11H2,1-3H3/b16-4+,23-13?. The lowest BCUT2D eigenvalue weighted by Crippen LogP contribution is -2.38. The van der Waals surface area contributed by atoms with Gasteiger partial charge in [0.25, 0.3) is 0 Å². The quantitative estimate of drug-likeness (QED) is 0.532. The van der Waals surface area contributed by atoms with Crippen LogP contribution in [-0.4, -0.2) is 25.5 Å². The fourth-order valence-corrected chi connectivity index (χ4v) is 3.51. The number of rotatable bonds is 5. The summed E-state index contributed by atoms with van der Waals surface area (Å²) >= 11 is 0. The minimum absolute atomic E-state index is 0.0947. The maximum absolute atomic E-state index is 13.5. The summed E-state index contributed by atoms with van der Waals surface area (Å²) < 4.78 is 27.0. The summed E-state index contributed by atoms with van der Waals surface area (Å²) in [5, 5.41) is 0. The summed E-state index contributed by atoms with van der Waals surface area (Å²) in [5.41, 5.74) is 2.33. The van der Waals surface area contributed by atoms with E-state index in [0.717, 1.165) is 23.0 Å². The molecule has 24 heavy (non-hydrogen) atoms. The van der Waals surface area contributed by atoms with Gasteiger partial charge in [-0.3, -0.25) is 4.99 Å². The Kier molecular flexibility index (Phi) is 5.68. The summed E-state index contributed by atoms with van der Waals surface area (Å²) in [6.07, 6.45) is 4.73. The van der Waals surface area contributed by atoms with Crippen molar-refractivity contribution >= 4 is 18.1 Å². The Bertz CT molecular complexity index is 639. The second-order valence-corrected chi connectivity index (χ2v) is 6.69. The molecule has 0 heterocycles. The molecule has 4 heteroatoms. The van der Waals surface area contributed by atoms with Crippen LogP contribution in [0.3, 0.4) is 0 Å². The fourth-order valence-electron chi connectivity index (χ4n) is 3.51. The third-order valence-corrected chi connectivity index (χ3v) is 5.31. The Balaban J connectivity index is 2.32. The summed E-state index contributed by atoms with van der Waals surface area (Å²) in [5.74, 6) is -2.73. The number of alkyl halides is 2. The number of aliphatic imine (C=N–C) groups is 1. The first kappa shape index (κ1) is 18.5. The van der Waals surface area contributed by atoms with Crippen LogP contribution in [-0.2, 0) is 4.79 Å². The minimum Gasteiger partial charge on any atom is -0.303 e. The van der Waals surface area contributed by atoms with Crippen LogP contribution in [0.25, 0.3) is 5.57 Å². The maximum Gasteiger partial charge on any atom is 0.248 e. The predicted molar refractivity (Wildman–Crippen MR) is 94.8 cm³/mol. The predicted octanol–water partition coefficient (Wildman–Crippen LogP) is 5.29. The average Bonchev–Trinajstić information content (AvgIpc) is 2.60. The highest BCUT2D eigenvalue weighted by Gasteiger charge is 2.46. The SMILES string of the molecule is C/C=C(\C=NC)c1cccc(C(C)C2(C=O)CCC(F)(F)CC2)c1. The molecule has 0 saturated heterocycles. The number of allylic oxidation sites excluding steroid dienone is 2. The number of benzene rings is 1. The fraction of sp³-hybridized carbons (Fsp3) is 0.500. The third kappa shape index (κ3) is 3.80. The topological polar surface area (TPSA) is 29.4 Å². The Morgan fingerprint density at radius 2 is 1.92 bits per heavy atom. The highest BCUT2D eigenvalue weighted by atomic mass is 19.3. The molecule has 1 aliphatic carbocycles. The highest BCUT2D eigenvalue weighted by Crippen LogP contribution is 2.50. The van der Waals surface area contributed by atoms with Crippen LogP contribution in [0.15, 0.2) is 35.3 Å². The molecule has 2 nitrogen and oxygen atoms in total. The number of nitrogens with zero attached hydrogens (tertiary/aromatic N) is 1. The molecule has 1 atom stereocenters. The largest absolute Gasteiger partial charge is 0.303 e. The lowest BCUT2D eigenvalue weighted by atomic mass is 9.64. The zero-order chi connectivity index (χ0) is 17.8.